The van der Waals surface area contributed by atoms with Crippen LogP contribution in [0.15, 0.2) is 30.3 Å². The summed E-state index contributed by atoms with van der Waals surface area (Å²) in [4.78, 5) is 14.8. The van der Waals surface area contributed by atoms with E-state index < -0.39 is 5.92 Å². The zero-order valence-corrected chi connectivity index (χ0v) is 13.2. The highest BCUT2D eigenvalue weighted by molar-refractivity contribution is 7.80. The minimum absolute atomic E-state index is 0.0602. The second kappa shape index (κ2) is 8.69. The number of carbonyl (C=O) groups is 1. The second-order valence-electron chi connectivity index (χ2n) is 4.97. The average Bonchev–Trinajstić information content (AvgIpc) is 2.44. The Kier molecular flexibility index (Phi) is 7.23. The third kappa shape index (κ3) is 4.93. The van der Waals surface area contributed by atoms with Crippen LogP contribution < -0.4 is 5.73 Å². The van der Waals surface area contributed by atoms with E-state index in [2.05, 4.69) is 13.8 Å². The molecule has 1 aromatic carbocycles. The molecule has 1 amide bonds. The molecule has 1 atom stereocenters. The SMILES string of the molecule is CCCN(CCC)C(=O)C(Cc1ccccc1)C(N)=S. The Labute approximate surface area is 127 Å². The van der Waals surface area contributed by atoms with Crippen molar-refractivity contribution in [3.8, 4) is 0 Å². The van der Waals surface area contributed by atoms with Crippen molar-refractivity contribution in [3.05, 3.63) is 35.9 Å². The third-order valence-electron chi connectivity index (χ3n) is 3.22. The van der Waals surface area contributed by atoms with Crippen molar-refractivity contribution in [2.24, 2.45) is 11.7 Å². The van der Waals surface area contributed by atoms with Gasteiger partial charge >= 0.3 is 0 Å². The Morgan fingerprint density at radius 3 is 2.20 bits per heavy atom. The highest BCUT2D eigenvalue weighted by Crippen LogP contribution is 2.13. The molecule has 2 N–H and O–H groups in total. The van der Waals surface area contributed by atoms with E-state index >= 15 is 0 Å². The van der Waals surface area contributed by atoms with Gasteiger partial charge in [-0.05, 0) is 24.8 Å². The number of carbonyl (C=O) groups excluding carboxylic acids is 1. The summed E-state index contributed by atoms with van der Waals surface area (Å²) in [6.45, 7) is 5.67. The van der Waals surface area contributed by atoms with Crippen molar-refractivity contribution in [3.63, 3.8) is 0 Å². The predicted molar refractivity (Wildman–Crippen MR) is 87.6 cm³/mol. The molecule has 0 aliphatic rings. The van der Waals surface area contributed by atoms with Gasteiger partial charge in [0.25, 0.3) is 0 Å². The minimum atomic E-state index is -0.398. The molecule has 0 aliphatic carbocycles. The first-order valence-electron chi connectivity index (χ1n) is 7.22. The Morgan fingerprint density at radius 1 is 1.20 bits per heavy atom. The molecule has 1 rings (SSSR count). The van der Waals surface area contributed by atoms with E-state index in [1.807, 2.05) is 35.2 Å². The molecular weight excluding hydrogens is 268 g/mol. The van der Waals surface area contributed by atoms with E-state index in [-0.39, 0.29) is 10.9 Å². The Hall–Kier alpha value is -1.42. The monoisotopic (exact) mass is 292 g/mol. The number of benzene rings is 1. The van der Waals surface area contributed by atoms with Gasteiger partial charge in [0.1, 0.15) is 0 Å². The first-order chi connectivity index (χ1) is 9.60. The van der Waals surface area contributed by atoms with Gasteiger partial charge in [-0.15, -0.1) is 0 Å². The summed E-state index contributed by atoms with van der Waals surface area (Å²) in [5.41, 5.74) is 6.89. The van der Waals surface area contributed by atoms with Crippen molar-refractivity contribution < 1.29 is 4.79 Å². The van der Waals surface area contributed by atoms with Crippen molar-refractivity contribution in [1.29, 1.82) is 0 Å². The van der Waals surface area contributed by atoms with E-state index in [1.54, 1.807) is 0 Å². The number of amides is 1. The molecule has 110 valence electrons. The van der Waals surface area contributed by atoms with Crippen LogP contribution in [0.25, 0.3) is 0 Å². The molecule has 1 unspecified atom stereocenters. The maximum Gasteiger partial charge on any atom is 0.232 e. The van der Waals surface area contributed by atoms with Crippen LogP contribution in [0.1, 0.15) is 32.3 Å². The lowest BCUT2D eigenvalue weighted by Gasteiger charge is -2.26. The molecule has 20 heavy (non-hydrogen) atoms. The molecule has 0 spiro atoms. The van der Waals surface area contributed by atoms with Crippen molar-refractivity contribution in [2.45, 2.75) is 33.1 Å². The highest BCUT2D eigenvalue weighted by atomic mass is 32.1. The molecular formula is C16H24N2OS. The van der Waals surface area contributed by atoms with Crippen molar-refractivity contribution in [1.82, 2.24) is 4.90 Å². The Bertz CT molecular complexity index is 427. The van der Waals surface area contributed by atoms with E-state index in [0.717, 1.165) is 31.5 Å². The lowest BCUT2D eigenvalue weighted by atomic mass is 9.97. The van der Waals surface area contributed by atoms with Gasteiger partial charge in [-0.2, -0.15) is 0 Å². The predicted octanol–water partition coefficient (Wildman–Crippen LogP) is 2.78. The van der Waals surface area contributed by atoms with Crippen molar-refractivity contribution in [2.75, 3.05) is 13.1 Å². The minimum Gasteiger partial charge on any atom is -0.393 e. The van der Waals surface area contributed by atoms with Gasteiger partial charge in [-0.3, -0.25) is 4.79 Å². The van der Waals surface area contributed by atoms with E-state index in [9.17, 15) is 4.79 Å². The smallest absolute Gasteiger partial charge is 0.232 e. The molecule has 0 aromatic heterocycles. The molecule has 0 bridgehead atoms. The second-order valence-corrected chi connectivity index (χ2v) is 5.44. The van der Waals surface area contributed by atoms with E-state index in [1.165, 1.54) is 0 Å². The first kappa shape index (κ1) is 16.6. The van der Waals surface area contributed by atoms with Crippen molar-refractivity contribution >= 4 is 23.1 Å². The average molecular weight is 292 g/mol. The van der Waals surface area contributed by atoms with Crippen LogP contribution in [0.5, 0.6) is 0 Å². The molecule has 0 heterocycles. The lowest BCUT2D eigenvalue weighted by Crippen LogP contribution is -2.43. The molecule has 0 fully saturated rings. The fourth-order valence-corrected chi connectivity index (χ4v) is 2.44. The van der Waals surface area contributed by atoms with Gasteiger partial charge in [0, 0.05) is 13.1 Å². The molecule has 0 saturated carbocycles. The summed E-state index contributed by atoms with van der Waals surface area (Å²) in [5, 5.41) is 0. The van der Waals surface area contributed by atoms with E-state index in [0.29, 0.717) is 6.42 Å². The number of nitrogens with zero attached hydrogens (tertiary/aromatic N) is 1. The third-order valence-corrected chi connectivity index (χ3v) is 3.51. The first-order valence-corrected chi connectivity index (χ1v) is 7.63. The summed E-state index contributed by atoms with van der Waals surface area (Å²) in [6.07, 6.45) is 2.47. The highest BCUT2D eigenvalue weighted by Gasteiger charge is 2.26. The van der Waals surface area contributed by atoms with Crippen LogP contribution in [0.4, 0.5) is 0 Å². The maximum absolute atomic E-state index is 12.6. The lowest BCUT2D eigenvalue weighted by molar-refractivity contribution is -0.133. The number of hydrogen-bond acceptors (Lipinski definition) is 2. The fraction of sp³-hybridized carbons (Fsp3) is 0.500. The van der Waals surface area contributed by atoms with Gasteiger partial charge in [0.15, 0.2) is 0 Å². The quantitative estimate of drug-likeness (QED) is 0.749. The van der Waals surface area contributed by atoms with Gasteiger partial charge in [0.05, 0.1) is 10.9 Å². The van der Waals surface area contributed by atoms with Gasteiger partial charge in [0.2, 0.25) is 5.91 Å². The summed E-state index contributed by atoms with van der Waals surface area (Å²) < 4.78 is 0. The molecule has 0 radical (unpaired) electrons. The van der Waals surface area contributed by atoms with Gasteiger partial charge < -0.3 is 10.6 Å². The number of rotatable bonds is 8. The Balaban J connectivity index is 2.83. The largest absolute Gasteiger partial charge is 0.393 e. The zero-order valence-electron chi connectivity index (χ0n) is 12.3. The van der Waals surface area contributed by atoms with Crippen LogP contribution >= 0.6 is 12.2 Å². The summed E-state index contributed by atoms with van der Waals surface area (Å²) in [5.74, 6) is -0.337. The molecule has 1 aromatic rings. The number of thiocarbonyl (C=S) groups is 1. The molecule has 0 aliphatic heterocycles. The van der Waals surface area contributed by atoms with Gasteiger partial charge in [-0.25, -0.2) is 0 Å². The zero-order chi connectivity index (χ0) is 15.0. The topological polar surface area (TPSA) is 46.3 Å². The standard InChI is InChI=1S/C16H24N2OS/c1-3-10-18(11-4-2)16(19)14(15(17)20)12-13-8-6-5-7-9-13/h5-9,14H,3-4,10-12H2,1-2H3,(H2,17,20). The van der Waals surface area contributed by atoms with Crippen LogP contribution in [0.2, 0.25) is 0 Å². The van der Waals surface area contributed by atoms with Crippen LogP contribution in [-0.2, 0) is 11.2 Å². The van der Waals surface area contributed by atoms with Gasteiger partial charge in [-0.1, -0.05) is 56.4 Å². The summed E-state index contributed by atoms with van der Waals surface area (Å²) in [6, 6.07) is 9.89. The number of hydrogen-bond donors (Lipinski definition) is 1. The summed E-state index contributed by atoms with van der Waals surface area (Å²) in [7, 11) is 0. The maximum atomic E-state index is 12.6. The number of nitrogens with two attached hydrogens (primary N) is 1. The van der Waals surface area contributed by atoms with E-state index in [4.69, 9.17) is 18.0 Å². The van der Waals surface area contributed by atoms with Crippen LogP contribution in [-0.4, -0.2) is 28.9 Å². The Morgan fingerprint density at radius 2 is 1.75 bits per heavy atom. The summed E-state index contributed by atoms with van der Waals surface area (Å²) >= 11 is 5.11. The molecule has 4 heteroatoms. The fourth-order valence-electron chi connectivity index (χ4n) is 2.25. The molecule has 0 saturated heterocycles. The normalized spacial score (nSPS) is 11.9. The van der Waals surface area contributed by atoms with Crippen LogP contribution in [0.3, 0.4) is 0 Å². The molecule has 3 nitrogen and oxygen atoms in total. The van der Waals surface area contributed by atoms with Crippen LogP contribution in [0, 0.1) is 5.92 Å².